The normalized spacial score (nSPS) is 20.5. The third-order valence-electron chi connectivity index (χ3n) is 8.24. The molecule has 0 heterocycles. The lowest BCUT2D eigenvalue weighted by atomic mass is 9.76. The lowest BCUT2D eigenvalue weighted by Crippen LogP contribution is -2.46. The van der Waals surface area contributed by atoms with Gasteiger partial charge in [-0.15, -0.1) is 0 Å². The number of Topliss-reactive ketones (excluding diaryl/α,β-unsaturated/α-hetero) is 3. The summed E-state index contributed by atoms with van der Waals surface area (Å²) in [6, 6.07) is -0.409. The van der Waals surface area contributed by atoms with Crippen molar-refractivity contribution in [3.05, 3.63) is 0 Å². The first-order valence-corrected chi connectivity index (χ1v) is 18.5. The average Bonchev–Trinajstić information content (AvgIpc) is 2.94. The molecule has 4 unspecified atom stereocenters. The quantitative estimate of drug-likeness (QED) is 0.110. The summed E-state index contributed by atoms with van der Waals surface area (Å²) >= 11 is 2.94. The Hall–Kier alpha value is -1.29. The number of thioether (sulfide) groups is 2. The monoisotopic (exact) mass is 659 g/mol. The van der Waals surface area contributed by atoms with Crippen LogP contribution in [0.2, 0.25) is 0 Å². The van der Waals surface area contributed by atoms with Gasteiger partial charge in [0.25, 0.3) is 0 Å². The Bertz CT molecular complexity index is 887. The maximum absolute atomic E-state index is 13.2. The molecule has 43 heavy (non-hydrogen) atoms. The van der Waals surface area contributed by atoms with Gasteiger partial charge in [0.1, 0.15) is 17.3 Å². The largest absolute Gasteiger partial charge is 0.356 e. The number of nitrogens with one attached hydrogen (secondary N) is 3. The summed E-state index contributed by atoms with van der Waals surface area (Å²) < 4.78 is 0. The molecule has 0 aromatic rings. The van der Waals surface area contributed by atoms with Gasteiger partial charge in [-0.1, -0.05) is 23.1 Å². The molecule has 3 N–H and O–H groups in total. The Labute approximate surface area is 269 Å². The molecular weight excluding hydrogens is 605 g/mol. The second-order valence-corrected chi connectivity index (χ2v) is 14.4. The minimum Gasteiger partial charge on any atom is -0.356 e. The number of likely N-dealkylation sites (N-methyl/N-ethyl adjacent to an activating group) is 1. The molecule has 1 saturated carbocycles. The third-order valence-corrected chi connectivity index (χ3v) is 10.9. The fourth-order valence-corrected chi connectivity index (χ4v) is 8.19. The number of hydrogen-bond acceptors (Lipinski definition) is 9. The van der Waals surface area contributed by atoms with Crippen molar-refractivity contribution < 1.29 is 28.8 Å². The van der Waals surface area contributed by atoms with Gasteiger partial charge in [-0.3, -0.25) is 28.8 Å². The summed E-state index contributed by atoms with van der Waals surface area (Å²) in [5, 5.41) is 9.11. The van der Waals surface area contributed by atoms with E-state index in [1.54, 1.807) is 20.9 Å². The van der Waals surface area contributed by atoms with Crippen molar-refractivity contribution in [3.8, 4) is 0 Å². The Morgan fingerprint density at radius 3 is 2.00 bits per heavy atom. The first-order chi connectivity index (χ1) is 20.4. The number of rotatable bonds is 23. The topological polar surface area (TPSA) is 139 Å². The van der Waals surface area contributed by atoms with Crippen LogP contribution in [-0.4, -0.2) is 83.4 Å². The second kappa shape index (κ2) is 22.3. The van der Waals surface area contributed by atoms with E-state index < -0.39 is 0 Å². The van der Waals surface area contributed by atoms with Gasteiger partial charge in [0.05, 0.1) is 17.5 Å². The highest BCUT2D eigenvalue weighted by molar-refractivity contribution is 8.00. The van der Waals surface area contributed by atoms with E-state index in [9.17, 15) is 28.8 Å². The van der Waals surface area contributed by atoms with E-state index in [4.69, 9.17) is 0 Å². The Morgan fingerprint density at radius 2 is 1.47 bits per heavy atom. The summed E-state index contributed by atoms with van der Waals surface area (Å²) in [5.41, 5.74) is 0.0206. The fourth-order valence-electron chi connectivity index (χ4n) is 5.50. The van der Waals surface area contributed by atoms with Gasteiger partial charge < -0.3 is 16.0 Å². The van der Waals surface area contributed by atoms with Crippen LogP contribution in [0.25, 0.3) is 0 Å². The summed E-state index contributed by atoms with van der Waals surface area (Å²) in [6.45, 7) is 7.62. The van der Waals surface area contributed by atoms with Crippen molar-refractivity contribution >= 4 is 67.5 Å². The van der Waals surface area contributed by atoms with Crippen LogP contribution in [0.1, 0.15) is 85.5 Å². The number of unbranched alkanes of at least 4 members (excludes halogenated alkanes) is 1. The number of carbonyl (C=O) groups is 6. The van der Waals surface area contributed by atoms with Crippen molar-refractivity contribution in [1.82, 2.24) is 16.0 Å². The van der Waals surface area contributed by atoms with Crippen LogP contribution in [0.4, 0.5) is 0 Å². The second-order valence-electron chi connectivity index (χ2n) is 11.8. The third kappa shape index (κ3) is 16.6. The summed E-state index contributed by atoms with van der Waals surface area (Å²) in [4.78, 5) is 73.8. The number of amides is 2. The van der Waals surface area contributed by atoms with E-state index in [0.29, 0.717) is 55.9 Å². The standard InChI is InChI=1S/C31H54N3O6PS2/c1-6-23(20(3)35)16-42-18-27(37)14-22-12-25(30(39)33-11-9-8-10-28(32-5)31(40)41)15-26(13-22)34-29(38)19-43-17-24(7-2)21(4)36/h22-26,28,32H,6-19,41H2,1-5H3,(H,33,39)(H,34,38)/t22?,23-,24-,25?,26?,28-/m0/s1. The lowest BCUT2D eigenvalue weighted by Gasteiger charge is -2.34. The maximum atomic E-state index is 13.2. The van der Waals surface area contributed by atoms with Crippen molar-refractivity contribution in [2.45, 2.75) is 97.6 Å². The molecule has 0 aromatic heterocycles. The molecule has 0 saturated heterocycles. The van der Waals surface area contributed by atoms with E-state index >= 15 is 0 Å². The molecule has 0 spiro atoms. The molecular formula is C31H54N3O6PS2. The van der Waals surface area contributed by atoms with Crippen LogP contribution in [0.5, 0.6) is 0 Å². The molecule has 1 aliphatic carbocycles. The van der Waals surface area contributed by atoms with Gasteiger partial charge in [0.2, 0.25) is 11.8 Å². The van der Waals surface area contributed by atoms with Crippen molar-refractivity contribution in [2.24, 2.45) is 23.7 Å². The van der Waals surface area contributed by atoms with Crippen LogP contribution in [-0.2, 0) is 28.8 Å². The van der Waals surface area contributed by atoms with Crippen molar-refractivity contribution in [2.75, 3.05) is 36.6 Å². The Morgan fingerprint density at radius 1 is 0.860 bits per heavy atom. The first-order valence-electron chi connectivity index (χ1n) is 15.6. The molecule has 0 radical (unpaired) electrons. The van der Waals surface area contributed by atoms with Crippen molar-refractivity contribution in [1.29, 1.82) is 0 Å². The minimum absolute atomic E-state index is 0.0167. The van der Waals surface area contributed by atoms with E-state index in [1.807, 2.05) is 13.8 Å². The number of hydrogen-bond donors (Lipinski definition) is 3. The van der Waals surface area contributed by atoms with E-state index in [0.717, 1.165) is 25.7 Å². The molecule has 0 bridgehead atoms. The van der Waals surface area contributed by atoms with Gasteiger partial charge in [-0.05, 0) is 78.2 Å². The summed E-state index contributed by atoms with van der Waals surface area (Å²) in [5.74, 6) is 1.61. The molecule has 2 amide bonds. The molecule has 1 aliphatic rings. The zero-order valence-electron chi connectivity index (χ0n) is 26.7. The van der Waals surface area contributed by atoms with Crippen LogP contribution < -0.4 is 16.0 Å². The zero-order chi connectivity index (χ0) is 32.4. The molecule has 0 aliphatic heterocycles. The summed E-state index contributed by atoms with van der Waals surface area (Å²) in [6.07, 6.45) is 5.86. The molecule has 0 aromatic carbocycles. The van der Waals surface area contributed by atoms with Crippen molar-refractivity contribution in [3.63, 3.8) is 0 Å². The molecule has 9 nitrogen and oxygen atoms in total. The number of ketones is 3. The minimum atomic E-state index is -0.305. The van der Waals surface area contributed by atoms with E-state index in [1.165, 1.54) is 23.5 Å². The zero-order valence-corrected chi connectivity index (χ0v) is 29.5. The summed E-state index contributed by atoms with van der Waals surface area (Å²) in [7, 11) is 3.96. The molecule has 1 fully saturated rings. The van der Waals surface area contributed by atoms with Crippen LogP contribution in [0.3, 0.4) is 0 Å². The average molecular weight is 660 g/mol. The van der Waals surface area contributed by atoms with Gasteiger partial charge >= 0.3 is 0 Å². The smallest absolute Gasteiger partial charge is 0.230 e. The SMILES string of the molecule is CC[C@@H](CSCC(=O)CC1CC(NC(=O)CSC[C@H](CC)C(C)=O)CC(C(=O)NCCCC[C@H](NC)C(=O)P)C1)C(C)=O. The van der Waals surface area contributed by atoms with Gasteiger partial charge in [-0.2, -0.15) is 23.5 Å². The number of carbonyl (C=O) groups excluding carboxylic acids is 6. The van der Waals surface area contributed by atoms with Gasteiger partial charge in [0.15, 0.2) is 5.52 Å². The fraction of sp³-hybridized carbons (Fsp3) is 0.806. The molecule has 7 atom stereocenters. The maximum Gasteiger partial charge on any atom is 0.230 e. The highest BCUT2D eigenvalue weighted by Gasteiger charge is 2.34. The van der Waals surface area contributed by atoms with Crippen LogP contribution >= 0.6 is 32.8 Å². The van der Waals surface area contributed by atoms with E-state index in [-0.39, 0.29) is 76.2 Å². The first kappa shape index (κ1) is 39.7. The predicted octanol–water partition coefficient (Wildman–Crippen LogP) is 3.82. The Balaban J connectivity index is 2.72. The lowest BCUT2D eigenvalue weighted by molar-refractivity contribution is -0.128. The highest BCUT2D eigenvalue weighted by Crippen LogP contribution is 2.32. The molecule has 12 heteroatoms. The van der Waals surface area contributed by atoms with Crippen LogP contribution in [0.15, 0.2) is 0 Å². The van der Waals surface area contributed by atoms with E-state index in [2.05, 4.69) is 25.2 Å². The predicted molar refractivity (Wildman–Crippen MR) is 180 cm³/mol. The van der Waals surface area contributed by atoms with Crippen LogP contribution in [0, 0.1) is 23.7 Å². The molecule has 1 rings (SSSR count). The Kier molecular flexibility index (Phi) is 20.6. The highest BCUT2D eigenvalue weighted by atomic mass is 32.2. The van der Waals surface area contributed by atoms with Gasteiger partial charge in [0, 0.05) is 48.3 Å². The molecule has 246 valence electrons. The van der Waals surface area contributed by atoms with Gasteiger partial charge in [-0.25, -0.2) is 0 Å².